The second kappa shape index (κ2) is 11.7. The minimum absolute atomic E-state index is 0.0209. The molecule has 1 fully saturated rings. The monoisotopic (exact) mass is 439 g/mol. The van der Waals surface area contributed by atoms with Gasteiger partial charge in [-0.3, -0.25) is 9.59 Å². The van der Waals surface area contributed by atoms with Crippen LogP contribution in [0.3, 0.4) is 0 Å². The van der Waals surface area contributed by atoms with Crippen LogP contribution in [0.2, 0.25) is 0 Å². The lowest BCUT2D eigenvalue weighted by Gasteiger charge is -2.26. The second-order valence-electron chi connectivity index (χ2n) is 7.46. The molecule has 3 rings (SSSR count). The number of hydrazone groups is 1. The molecule has 0 spiro atoms. The number of carbonyl (C=O) groups is 2. The fourth-order valence-corrected chi connectivity index (χ4v) is 3.42. The van der Waals surface area contributed by atoms with Crippen LogP contribution in [0.1, 0.15) is 30.4 Å². The predicted octanol–water partition coefficient (Wildman–Crippen LogP) is 2.79. The van der Waals surface area contributed by atoms with Crippen molar-refractivity contribution in [3.8, 4) is 17.2 Å². The Hall–Kier alpha value is -3.55. The van der Waals surface area contributed by atoms with Crippen LogP contribution in [-0.2, 0) is 16.0 Å². The van der Waals surface area contributed by atoms with Crippen LogP contribution < -0.4 is 19.6 Å². The smallest absolute Gasteiger partial charge is 0.260 e. The van der Waals surface area contributed by atoms with Crippen molar-refractivity contribution in [2.24, 2.45) is 5.10 Å². The Bertz CT molecular complexity index is 937. The van der Waals surface area contributed by atoms with E-state index >= 15 is 0 Å². The average Bonchev–Trinajstić information content (AvgIpc) is 2.83. The molecule has 0 unspecified atom stereocenters. The van der Waals surface area contributed by atoms with Crippen molar-refractivity contribution in [3.63, 3.8) is 0 Å². The summed E-state index contributed by atoms with van der Waals surface area (Å²) in [4.78, 5) is 26.2. The Morgan fingerprint density at radius 2 is 1.72 bits per heavy atom. The van der Waals surface area contributed by atoms with Crippen LogP contribution in [0, 0.1) is 0 Å². The summed E-state index contributed by atoms with van der Waals surface area (Å²) >= 11 is 0. The highest BCUT2D eigenvalue weighted by atomic mass is 16.5. The first-order chi connectivity index (χ1) is 15.6. The topological polar surface area (TPSA) is 89.5 Å². The van der Waals surface area contributed by atoms with Gasteiger partial charge in [-0.25, -0.2) is 5.43 Å². The molecule has 1 saturated heterocycles. The summed E-state index contributed by atoms with van der Waals surface area (Å²) in [6, 6.07) is 12.5. The molecule has 1 heterocycles. The number of benzene rings is 2. The zero-order valence-corrected chi connectivity index (χ0v) is 18.5. The quantitative estimate of drug-likeness (QED) is 0.479. The second-order valence-corrected chi connectivity index (χ2v) is 7.46. The third-order valence-corrected chi connectivity index (χ3v) is 5.17. The van der Waals surface area contributed by atoms with Crippen LogP contribution in [-0.4, -0.2) is 56.8 Å². The van der Waals surface area contributed by atoms with Crippen LogP contribution in [0.4, 0.5) is 0 Å². The van der Waals surface area contributed by atoms with E-state index in [1.54, 1.807) is 50.8 Å². The zero-order chi connectivity index (χ0) is 22.8. The van der Waals surface area contributed by atoms with Crippen LogP contribution in [0.15, 0.2) is 47.6 Å². The Morgan fingerprint density at radius 1 is 1.00 bits per heavy atom. The van der Waals surface area contributed by atoms with E-state index in [2.05, 4.69) is 10.5 Å². The highest BCUT2D eigenvalue weighted by molar-refractivity contribution is 5.83. The van der Waals surface area contributed by atoms with Crippen LogP contribution in [0.5, 0.6) is 17.2 Å². The van der Waals surface area contributed by atoms with Crippen molar-refractivity contribution in [2.75, 3.05) is 33.9 Å². The van der Waals surface area contributed by atoms with Gasteiger partial charge in [0.05, 0.1) is 26.9 Å². The molecule has 0 atom stereocenters. The van der Waals surface area contributed by atoms with Gasteiger partial charge >= 0.3 is 0 Å². The number of carbonyl (C=O) groups excluding carboxylic acids is 2. The minimum atomic E-state index is -0.246. The number of nitrogens with zero attached hydrogens (tertiary/aromatic N) is 2. The van der Waals surface area contributed by atoms with Gasteiger partial charge in [0.1, 0.15) is 5.75 Å². The number of amides is 2. The molecule has 0 aromatic heterocycles. The van der Waals surface area contributed by atoms with Gasteiger partial charge in [0.2, 0.25) is 5.91 Å². The maximum atomic E-state index is 12.2. The minimum Gasteiger partial charge on any atom is -0.493 e. The lowest BCUT2D eigenvalue weighted by molar-refractivity contribution is -0.134. The third kappa shape index (κ3) is 6.73. The molecular weight excluding hydrogens is 410 g/mol. The first-order valence-corrected chi connectivity index (χ1v) is 10.6. The molecule has 1 aliphatic rings. The van der Waals surface area contributed by atoms with Crippen molar-refractivity contribution >= 4 is 18.0 Å². The Morgan fingerprint density at radius 3 is 2.41 bits per heavy atom. The Kier molecular flexibility index (Phi) is 8.48. The van der Waals surface area contributed by atoms with Gasteiger partial charge in [0, 0.05) is 13.1 Å². The normalized spacial score (nSPS) is 13.6. The van der Waals surface area contributed by atoms with E-state index in [0.717, 1.165) is 37.1 Å². The van der Waals surface area contributed by atoms with Crippen molar-refractivity contribution in [2.45, 2.75) is 25.7 Å². The number of nitrogens with one attached hydrogen (secondary N) is 1. The molecule has 8 nitrogen and oxygen atoms in total. The van der Waals surface area contributed by atoms with Gasteiger partial charge in [-0.1, -0.05) is 6.07 Å². The number of methoxy groups -OCH3 is 2. The van der Waals surface area contributed by atoms with E-state index in [1.165, 1.54) is 6.42 Å². The molecule has 32 heavy (non-hydrogen) atoms. The first kappa shape index (κ1) is 23.1. The highest BCUT2D eigenvalue weighted by Crippen LogP contribution is 2.27. The molecule has 1 N–H and O–H groups in total. The molecule has 2 amide bonds. The van der Waals surface area contributed by atoms with E-state index < -0.39 is 0 Å². The highest BCUT2D eigenvalue weighted by Gasteiger charge is 2.16. The largest absolute Gasteiger partial charge is 0.493 e. The van der Waals surface area contributed by atoms with E-state index in [4.69, 9.17) is 14.2 Å². The molecule has 1 aliphatic heterocycles. The molecule has 2 aromatic carbocycles. The van der Waals surface area contributed by atoms with Crippen molar-refractivity contribution in [1.82, 2.24) is 10.3 Å². The number of ether oxygens (including phenoxy) is 3. The summed E-state index contributed by atoms with van der Waals surface area (Å²) in [6.45, 7) is 1.67. The molecular formula is C24H29N3O5. The zero-order valence-electron chi connectivity index (χ0n) is 18.5. The average molecular weight is 440 g/mol. The van der Waals surface area contributed by atoms with Gasteiger partial charge < -0.3 is 19.1 Å². The van der Waals surface area contributed by atoms with Gasteiger partial charge in [-0.15, -0.1) is 0 Å². The SMILES string of the molecule is COc1ccc(CC(=O)N/N=C/c2ccc(OCC(=O)N3CCCCC3)cc2)cc1OC. The number of hydrogen-bond donors (Lipinski definition) is 1. The molecule has 0 saturated carbocycles. The lowest BCUT2D eigenvalue weighted by Crippen LogP contribution is -2.38. The van der Waals surface area contributed by atoms with E-state index in [9.17, 15) is 9.59 Å². The first-order valence-electron chi connectivity index (χ1n) is 10.6. The summed E-state index contributed by atoms with van der Waals surface area (Å²) in [6.07, 6.45) is 5.02. The standard InChI is InChI=1S/C24H29N3O5/c1-30-21-11-8-19(14-22(21)31-2)15-23(28)26-25-16-18-6-9-20(10-7-18)32-17-24(29)27-12-4-3-5-13-27/h6-11,14,16H,3-5,12-13,15,17H2,1-2H3,(H,26,28)/b25-16+. The van der Waals surface area contributed by atoms with Crippen molar-refractivity contribution in [1.29, 1.82) is 0 Å². The summed E-state index contributed by atoms with van der Waals surface area (Å²) in [5.41, 5.74) is 4.10. The third-order valence-electron chi connectivity index (χ3n) is 5.17. The van der Waals surface area contributed by atoms with Gasteiger partial charge in [-0.05, 0) is 66.8 Å². The molecule has 8 heteroatoms. The number of piperidine rings is 1. The summed E-state index contributed by atoms with van der Waals surface area (Å²) < 4.78 is 16.0. The Balaban J connectivity index is 1.44. The van der Waals surface area contributed by atoms with Crippen molar-refractivity contribution in [3.05, 3.63) is 53.6 Å². The number of hydrogen-bond acceptors (Lipinski definition) is 6. The van der Waals surface area contributed by atoms with E-state index in [0.29, 0.717) is 17.2 Å². The Labute approximate surface area is 188 Å². The van der Waals surface area contributed by atoms with E-state index in [1.807, 2.05) is 17.0 Å². The summed E-state index contributed by atoms with van der Waals surface area (Å²) in [5, 5.41) is 4.00. The fourth-order valence-electron chi connectivity index (χ4n) is 3.42. The summed E-state index contributed by atoms with van der Waals surface area (Å²) in [5.74, 6) is 1.57. The maximum absolute atomic E-state index is 12.2. The van der Waals surface area contributed by atoms with Gasteiger partial charge in [0.15, 0.2) is 18.1 Å². The molecule has 0 bridgehead atoms. The van der Waals surface area contributed by atoms with Crippen molar-refractivity contribution < 1.29 is 23.8 Å². The molecule has 2 aromatic rings. The molecule has 0 aliphatic carbocycles. The number of rotatable bonds is 9. The maximum Gasteiger partial charge on any atom is 0.260 e. The lowest BCUT2D eigenvalue weighted by atomic mass is 10.1. The van der Waals surface area contributed by atoms with Gasteiger partial charge in [0.25, 0.3) is 5.91 Å². The summed E-state index contributed by atoms with van der Waals surface area (Å²) in [7, 11) is 3.11. The molecule has 170 valence electrons. The number of likely N-dealkylation sites (tertiary alicyclic amines) is 1. The van der Waals surface area contributed by atoms with Crippen LogP contribution in [0.25, 0.3) is 0 Å². The van der Waals surface area contributed by atoms with E-state index in [-0.39, 0.29) is 24.8 Å². The fraction of sp³-hybridized carbons (Fsp3) is 0.375. The molecule has 0 radical (unpaired) electrons. The predicted molar refractivity (Wildman–Crippen MR) is 121 cm³/mol. The van der Waals surface area contributed by atoms with Crippen LogP contribution >= 0.6 is 0 Å². The van der Waals surface area contributed by atoms with Gasteiger partial charge in [-0.2, -0.15) is 5.10 Å².